The van der Waals surface area contributed by atoms with Crippen molar-refractivity contribution in [2.24, 2.45) is 0 Å². The monoisotopic (exact) mass is 404 g/mol. The molecule has 1 atom stereocenters. The van der Waals surface area contributed by atoms with Crippen LogP contribution in [0.25, 0.3) is 0 Å². The number of halogens is 3. The second-order valence-corrected chi connectivity index (χ2v) is 6.83. The molecule has 1 aromatic rings. The largest absolute Gasteiger partial charge is 0.493 e. The molecule has 0 aromatic heterocycles. The van der Waals surface area contributed by atoms with Gasteiger partial charge in [-0.05, 0) is 37.5 Å². The standard InChI is InChI=1S/C19H27F3N2O4/c1-13(23-15-6-8-24(9-7-15)11-18(25)27-3)14-4-5-16(17(10-14)26-2)28-12-19(20,21)22/h4-5,10,13,15,23H,6-9,11-12H2,1-3H3/t13-/m1/s1. The number of ether oxygens (including phenoxy) is 3. The maximum Gasteiger partial charge on any atom is 0.422 e. The van der Waals surface area contributed by atoms with Gasteiger partial charge in [0.15, 0.2) is 18.1 Å². The zero-order chi connectivity index (χ0) is 20.7. The lowest BCUT2D eigenvalue weighted by molar-refractivity contribution is -0.153. The minimum atomic E-state index is -4.40. The Hall–Kier alpha value is -2.00. The van der Waals surface area contributed by atoms with E-state index in [0.717, 1.165) is 31.5 Å². The number of carbonyl (C=O) groups excluding carboxylic acids is 1. The van der Waals surface area contributed by atoms with Gasteiger partial charge in [-0.25, -0.2) is 0 Å². The summed E-state index contributed by atoms with van der Waals surface area (Å²) in [5.41, 5.74) is 0.896. The minimum absolute atomic E-state index is 0.0114. The first-order valence-electron chi connectivity index (χ1n) is 9.14. The first-order chi connectivity index (χ1) is 13.2. The van der Waals surface area contributed by atoms with Crippen LogP contribution in [0.4, 0.5) is 13.2 Å². The number of carbonyl (C=O) groups is 1. The number of hydrogen-bond donors (Lipinski definition) is 1. The lowest BCUT2D eigenvalue weighted by Crippen LogP contribution is -2.44. The van der Waals surface area contributed by atoms with Crippen molar-refractivity contribution in [1.82, 2.24) is 10.2 Å². The van der Waals surface area contributed by atoms with Gasteiger partial charge in [-0.2, -0.15) is 13.2 Å². The molecule has 0 unspecified atom stereocenters. The molecule has 0 saturated carbocycles. The van der Waals surface area contributed by atoms with E-state index in [2.05, 4.69) is 15.0 Å². The van der Waals surface area contributed by atoms with Crippen LogP contribution in [0.1, 0.15) is 31.4 Å². The van der Waals surface area contributed by atoms with Crippen LogP contribution in [0, 0.1) is 0 Å². The first kappa shape index (κ1) is 22.3. The summed E-state index contributed by atoms with van der Waals surface area (Å²) in [7, 11) is 2.78. The summed E-state index contributed by atoms with van der Waals surface area (Å²) < 4.78 is 51.8. The van der Waals surface area contributed by atoms with Gasteiger partial charge in [0.25, 0.3) is 0 Å². The van der Waals surface area contributed by atoms with Crippen molar-refractivity contribution < 1.29 is 32.2 Å². The third-order valence-electron chi connectivity index (χ3n) is 4.73. The van der Waals surface area contributed by atoms with E-state index in [9.17, 15) is 18.0 Å². The molecule has 0 aliphatic carbocycles. The van der Waals surface area contributed by atoms with E-state index in [1.165, 1.54) is 20.3 Å². The molecule has 0 bridgehead atoms. The van der Waals surface area contributed by atoms with Crippen molar-refractivity contribution in [2.75, 3.05) is 40.5 Å². The van der Waals surface area contributed by atoms with Crippen LogP contribution in [0.2, 0.25) is 0 Å². The second kappa shape index (κ2) is 9.97. The maximum absolute atomic E-state index is 12.4. The smallest absolute Gasteiger partial charge is 0.422 e. The Morgan fingerprint density at radius 1 is 1.25 bits per heavy atom. The number of hydrogen-bond acceptors (Lipinski definition) is 6. The molecule has 1 N–H and O–H groups in total. The van der Waals surface area contributed by atoms with Crippen molar-refractivity contribution in [3.05, 3.63) is 23.8 Å². The van der Waals surface area contributed by atoms with Gasteiger partial charge in [0.2, 0.25) is 0 Å². The third kappa shape index (κ3) is 6.87. The van der Waals surface area contributed by atoms with Crippen molar-refractivity contribution in [1.29, 1.82) is 0 Å². The predicted molar refractivity (Wildman–Crippen MR) is 97.6 cm³/mol. The number of methoxy groups -OCH3 is 2. The number of nitrogens with zero attached hydrogens (tertiary/aromatic N) is 1. The molecule has 1 saturated heterocycles. The van der Waals surface area contributed by atoms with Gasteiger partial charge in [-0.15, -0.1) is 0 Å². The van der Waals surface area contributed by atoms with Gasteiger partial charge in [-0.1, -0.05) is 6.07 Å². The maximum atomic E-state index is 12.4. The summed E-state index contributed by atoms with van der Waals surface area (Å²) in [6.07, 6.45) is -2.61. The average Bonchev–Trinajstić information content (AvgIpc) is 2.66. The van der Waals surface area contributed by atoms with Crippen LogP contribution in [0.5, 0.6) is 11.5 Å². The van der Waals surface area contributed by atoms with Gasteiger partial charge >= 0.3 is 12.1 Å². The van der Waals surface area contributed by atoms with Crippen LogP contribution in [0.3, 0.4) is 0 Å². The number of piperidine rings is 1. The molecule has 1 aliphatic rings. The Balaban J connectivity index is 1.90. The van der Waals surface area contributed by atoms with Crippen LogP contribution in [-0.4, -0.2) is 63.5 Å². The number of alkyl halides is 3. The topological polar surface area (TPSA) is 60.0 Å². The highest BCUT2D eigenvalue weighted by Gasteiger charge is 2.29. The fourth-order valence-corrected chi connectivity index (χ4v) is 3.19. The summed E-state index contributed by atoms with van der Waals surface area (Å²) in [6, 6.07) is 5.20. The number of esters is 1. The molecular weight excluding hydrogens is 377 g/mol. The summed E-state index contributed by atoms with van der Waals surface area (Å²) >= 11 is 0. The molecule has 9 heteroatoms. The molecule has 1 aromatic carbocycles. The van der Waals surface area contributed by atoms with E-state index < -0.39 is 12.8 Å². The molecule has 0 amide bonds. The lowest BCUT2D eigenvalue weighted by atomic mass is 10.0. The highest BCUT2D eigenvalue weighted by Crippen LogP contribution is 2.32. The molecular formula is C19H27F3N2O4. The first-order valence-corrected chi connectivity index (χ1v) is 9.14. The Labute approximate surface area is 162 Å². The molecule has 6 nitrogen and oxygen atoms in total. The Kier molecular flexibility index (Phi) is 7.94. The number of likely N-dealkylation sites (tertiary alicyclic amines) is 1. The molecule has 2 rings (SSSR count). The molecule has 1 heterocycles. The average molecular weight is 404 g/mol. The molecule has 1 fully saturated rings. The summed E-state index contributed by atoms with van der Waals surface area (Å²) in [6.45, 7) is 2.53. The minimum Gasteiger partial charge on any atom is -0.493 e. The summed E-state index contributed by atoms with van der Waals surface area (Å²) in [5.74, 6) is 0.0925. The van der Waals surface area contributed by atoms with E-state index >= 15 is 0 Å². The molecule has 1 aliphatic heterocycles. The zero-order valence-electron chi connectivity index (χ0n) is 16.3. The number of benzene rings is 1. The normalized spacial score (nSPS) is 17.2. The van der Waals surface area contributed by atoms with E-state index in [4.69, 9.17) is 9.47 Å². The van der Waals surface area contributed by atoms with E-state index in [0.29, 0.717) is 6.54 Å². The van der Waals surface area contributed by atoms with Gasteiger partial charge < -0.3 is 19.5 Å². The van der Waals surface area contributed by atoms with Crippen molar-refractivity contribution in [3.63, 3.8) is 0 Å². The highest BCUT2D eigenvalue weighted by molar-refractivity contribution is 5.71. The van der Waals surface area contributed by atoms with E-state index in [1.807, 2.05) is 6.92 Å². The molecule has 0 radical (unpaired) electrons. The van der Waals surface area contributed by atoms with Gasteiger partial charge in [-0.3, -0.25) is 9.69 Å². The molecule has 0 spiro atoms. The van der Waals surface area contributed by atoms with Crippen LogP contribution in [0.15, 0.2) is 18.2 Å². The quantitative estimate of drug-likeness (QED) is 0.673. The van der Waals surface area contributed by atoms with Gasteiger partial charge in [0, 0.05) is 25.2 Å². The van der Waals surface area contributed by atoms with Crippen molar-refractivity contribution in [2.45, 2.75) is 38.0 Å². The predicted octanol–water partition coefficient (Wildman–Crippen LogP) is 2.92. The fraction of sp³-hybridized carbons (Fsp3) is 0.632. The van der Waals surface area contributed by atoms with E-state index in [1.54, 1.807) is 12.1 Å². The summed E-state index contributed by atoms with van der Waals surface area (Å²) in [4.78, 5) is 13.4. The van der Waals surface area contributed by atoms with Crippen molar-refractivity contribution in [3.8, 4) is 11.5 Å². The fourth-order valence-electron chi connectivity index (χ4n) is 3.19. The number of rotatable bonds is 8. The van der Waals surface area contributed by atoms with Crippen LogP contribution < -0.4 is 14.8 Å². The Bertz CT molecular complexity index is 647. The highest BCUT2D eigenvalue weighted by atomic mass is 19.4. The van der Waals surface area contributed by atoms with E-state index in [-0.39, 0.29) is 29.6 Å². The van der Waals surface area contributed by atoms with Crippen LogP contribution in [-0.2, 0) is 9.53 Å². The lowest BCUT2D eigenvalue weighted by Gasteiger charge is -2.33. The second-order valence-electron chi connectivity index (χ2n) is 6.83. The van der Waals surface area contributed by atoms with Gasteiger partial charge in [0.1, 0.15) is 0 Å². The summed E-state index contributed by atoms with van der Waals surface area (Å²) in [5, 5.41) is 3.53. The molecule has 28 heavy (non-hydrogen) atoms. The van der Waals surface area contributed by atoms with Crippen molar-refractivity contribution >= 4 is 5.97 Å². The van der Waals surface area contributed by atoms with Crippen LogP contribution >= 0.6 is 0 Å². The SMILES string of the molecule is COC(=O)CN1CCC(N[C@H](C)c2ccc(OCC(F)(F)F)c(OC)c2)CC1. The molecule has 158 valence electrons. The Morgan fingerprint density at radius 2 is 1.93 bits per heavy atom. The zero-order valence-corrected chi connectivity index (χ0v) is 16.3. The Morgan fingerprint density at radius 3 is 2.50 bits per heavy atom. The third-order valence-corrected chi connectivity index (χ3v) is 4.73. The van der Waals surface area contributed by atoms with Gasteiger partial charge in [0.05, 0.1) is 20.8 Å². The number of nitrogens with one attached hydrogen (secondary N) is 1.